The van der Waals surface area contributed by atoms with Crippen LogP contribution in [0.3, 0.4) is 0 Å². The van der Waals surface area contributed by atoms with Crippen LogP contribution in [0, 0.1) is 0 Å². The summed E-state index contributed by atoms with van der Waals surface area (Å²) in [6.07, 6.45) is 0. The molecule has 0 aliphatic heterocycles. The topological polar surface area (TPSA) is 0 Å². The first-order valence-electron chi connectivity index (χ1n) is 6.31. The van der Waals surface area contributed by atoms with Gasteiger partial charge >= 0.3 is 0 Å². The Bertz CT molecular complexity index is 178. The van der Waals surface area contributed by atoms with Crippen molar-refractivity contribution in [2.24, 2.45) is 0 Å². The molecule has 0 spiro atoms. The lowest BCUT2D eigenvalue weighted by molar-refractivity contribution is 1.42. The molecule has 0 aliphatic rings. The number of rotatable bonds is 4. The maximum Gasteiger partial charge on any atom is 0.0371 e. The summed E-state index contributed by atoms with van der Waals surface area (Å²) in [5.74, 6) is 0. The fraction of sp³-hybridized carbons (Fsp3) is 1.00. The normalized spacial score (nSPS) is 15.6. The van der Waals surface area contributed by atoms with E-state index in [1.54, 1.807) is 6.04 Å². The predicted octanol–water partition coefficient (Wildman–Crippen LogP) is 4.70. The summed E-state index contributed by atoms with van der Waals surface area (Å²) >= 11 is 0. The molecular formula is C11H32Si4. The highest BCUT2D eigenvalue weighted by Gasteiger charge is 2.59. The van der Waals surface area contributed by atoms with Crippen molar-refractivity contribution >= 4 is 29.4 Å². The van der Waals surface area contributed by atoms with E-state index in [9.17, 15) is 0 Å². The fourth-order valence-electron chi connectivity index (χ4n) is 4.97. The molecule has 0 heterocycles. The van der Waals surface area contributed by atoms with Crippen LogP contribution in [0.1, 0.15) is 6.92 Å². The van der Waals surface area contributed by atoms with Crippen LogP contribution in [0.25, 0.3) is 0 Å². The van der Waals surface area contributed by atoms with E-state index in [4.69, 9.17) is 0 Å². The van der Waals surface area contributed by atoms with Crippen LogP contribution in [-0.2, 0) is 0 Å². The van der Waals surface area contributed by atoms with E-state index >= 15 is 0 Å². The Morgan fingerprint density at radius 2 is 0.733 bits per heavy atom. The summed E-state index contributed by atoms with van der Waals surface area (Å²) in [4.78, 5) is 0. The summed E-state index contributed by atoms with van der Waals surface area (Å²) in [5.41, 5.74) is 0. The quantitative estimate of drug-likeness (QED) is 0.653. The summed E-state index contributed by atoms with van der Waals surface area (Å²) in [5, 5.41) is 0. The molecule has 0 saturated heterocycles. The molecule has 0 amide bonds. The Labute approximate surface area is 101 Å². The first kappa shape index (κ1) is 15.9. The highest BCUT2D eigenvalue weighted by molar-refractivity contribution is 7.89. The van der Waals surface area contributed by atoms with Crippen molar-refractivity contribution in [2.75, 3.05) is 0 Å². The molecule has 0 aliphatic carbocycles. The van der Waals surface area contributed by atoms with E-state index < -0.39 is 29.4 Å². The largest absolute Gasteiger partial charge is 0.0718 e. The minimum absolute atomic E-state index is 0.945. The van der Waals surface area contributed by atoms with E-state index in [1.165, 1.54) is 0 Å². The molecule has 0 atom stereocenters. The van der Waals surface area contributed by atoms with Gasteiger partial charge in [0.15, 0.2) is 0 Å². The van der Waals surface area contributed by atoms with Gasteiger partial charge in [0, 0.05) is 29.4 Å². The van der Waals surface area contributed by atoms with E-state index in [2.05, 4.69) is 65.8 Å². The van der Waals surface area contributed by atoms with Gasteiger partial charge in [0.1, 0.15) is 0 Å². The molecule has 0 saturated carbocycles. The number of hydrogen-bond acceptors (Lipinski definition) is 0. The lowest BCUT2D eigenvalue weighted by Crippen LogP contribution is -2.82. The van der Waals surface area contributed by atoms with Gasteiger partial charge in [-0.2, -0.15) is 0 Å². The van der Waals surface area contributed by atoms with E-state index in [0.29, 0.717) is 0 Å². The van der Waals surface area contributed by atoms with Gasteiger partial charge in [-0.25, -0.2) is 0 Å². The van der Waals surface area contributed by atoms with Gasteiger partial charge in [-0.05, 0) is 0 Å². The Balaban J connectivity index is 5.78. The molecule has 0 bridgehead atoms. The molecule has 92 valence electrons. The Morgan fingerprint density at radius 3 is 0.733 bits per heavy atom. The first-order chi connectivity index (χ1) is 6.31. The van der Waals surface area contributed by atoms with Crippen molar-refractivity contribution < 1.29 is 0 Å². The summed E-state index contributed by atoms with van der Waals surface area (Å²) < 4.78 is 0. The van der Waals surface area contributed by atoms with Gasteiger partial charge in [0.05, 0.1) is 0 Å². The molecule has 0 radical (unpaired) electrons. The molecule has 0 unspecified atom stereocenters. The maximum atomic E-state index is 2.67. The Morgan fingerprint density at radius 1 is 0.533 bits per heavy atom. The molecule has 0 fully saturated rings. The average molecular weight is 277 g/mol. The van der Waals surface area contributed by atoms with Crippen LogP contribution in [-0.4, -0.2) is 29.4 Å². The molecule has 0 aromatic carbocycles. The van der Waals surface area contributed by atoms with Crippen molar-refractivity contribution in [1.29, 1.82) is 0 Å². The highest BCUT2D eigenvalue weighted by Crippen LogP contribution is 2.39. The Kier molecular flexibility index (Phi) is 4.52. The second-order valence-electron chi connectivity index (χ2n) is 8.01. The fourth-order valence-corrected chi connectivity index (χ4v) is 105. The second kappa shape index (κ2) is 4.27. The van der Waals surface area contributed by atoms with Gasteiger partial charge < -0.3 is 0 Å². The van der Waals surface area contributed by atoms with E-state index in [1.807, 2.05) is 0 Å². The molecular weight excluding hydrogens is 244 g/mol. The van der Waals surface area contributed by atoms with Gasteiger partial charge in [0.2, 0.25) is 0 Å². The lowest BCUT2D eigenvalue weighted by atomic mass is 11.0. The molecule has 0 N–H and O–H groups in total. The minimum Gasteiger partial charge on any atom is -0.0718 e. The highest BCUT2D eigenvalue weighted by atomic mass is 29.9. The van der Waals surface area contributed by atoms with Crippen molar-refractivity contribution in [3.05, 3.63) is 0 Å². The van der Waals surface area contributed by atoms with Gasteiger partial charge in [-0.1, -0.05) is 71.9 Å². The van der Waals surface area contributed by atoms with Crippen LogP contribution < -0.4 is 0 Å². The van der Waals surface area contributed by atoms with Crippen molar-refractivity contribution in [2.45, 2.75) is 71.9 Å². The molecule has 0 nitrogen and oxygen atoms in total. The van der Waals surface area contributed by atoms with Crippen molar-refractivity contribution in [3.63, 3.8) is 0 Å². The molecule has 0 aromatic rings. The monoisotopic (exact) mass is 276 g/mol. The zero-order valence-corrected chi connectivity index (χ0v) is 16.7. The molecule has 0 rings (SSSR count). The predicted molar refractivity (Wildman–Crippen MR) is 86.3 cm³/mol. The summed E-state index contributed by atoms with van der Waals surface area (Å²) in [6, 6.07) is 1.56. The van der Waals surface area contributed by atoms with Crippen LogP contribution in [0.5, 0.6) is 0 Å². The lowest BCUT2D eigenvalue weighted by Gasteiger charge is -2.57. The second-order valence-corrected chi connectivity index (χ2v) is 49.7. The third-order valence-corrected chi connectivity index (χ3v) is 79.8. The molecule has 15 heavy (non-hydrogen) atoms. The van der Waals surface area contributed by atoms with Crippen molar-refractivity contribution in [3.8, 4) is 0 Å². The third kappa shape index (κ3) is 2.58. The zero-order chi connectivity index (χ0) is 12.7. The molecule has 0 aromatic heterocycles. The third-order valence-electron chi connectivity index (χ3n) is 4.37. The molecule has 4 heteroatoms. The standard InChI is InChI=1S/C11H32Si4/c1-11-15(12(2,3)4,13(5,6)7)14(8,9)10/h11H2,1-10H3. The van der Waals surface area contributed by atoms with Crippen LogP contribution in [0.2, 0.25) is 65.0 Å². The van der Waals surface area contributed by atoms with Crippen LogP contribution in [0.4, 0.5) is 0 Å². The van der Waals surface area contributed by atoms with Crippen LogP contribution in [0.15, 0.2) is 0 Å². The summed E-state index contributed by atoms with van der Waals surface area (Å²) in [7, 11) is -2.84. The maximum absolute atomic E-state index is 2.67. The Hall–Kier alpha value is 0.868. The zero-order valence-electron chi connectivity index (χ0n) is 12.7. The average Bonchev–Trinajstić information content (AvgIpc) is 1.76. The number of hydrogen-bond donors (Lipinski definition) is 0. The smallest absolute Gasteiger partial charge is 0.0371 e. The summed E-state index contributed by atoms with van der Waals surface area (Å²) in [6.45, 7) is 25.6. The van der Waals surface area contributed by atoms with Gasteiger partial charge in [-0.3, -0.25) is 0 Å². The van der Waals surface area contributed by atoms with Crippen molar-refractivity contribution in [1.82, 2.24) is 0 Å². The first-order valence-corrected chi connectivity index (χ1v) is 22.0. The van der Waals surface area contributed by atoms with Crippen LogP contribution >= 0.6 is 0 Å². The van der Waals surface area contributed by atoms with Gasteiger partial charge in [0.25, 0.3) is 0 Å². The van der Waals surface area contributed by atoms with Gasteiger partial charge in [-0.15, -0.1) is 0 Å². The van der Waals surface area contributed by atoms with E-state index in [-0.39, 0.29) is 0 Å². The van der Waals surface area contributed by atoms with E-state index in [0.717, 1.165) is 0 Å². The minimum atomic E-state index is -0.958. The SMILES string of the molecule is CC[Si]([Si](C)(C)C)([Si](C)(C)C)[Si](C)(C)C.